The lowest BCUT2D eigenvalue weighted by atomic mass is 10.1. The molecule has 0 aliphatic carbocycles. The van der Waals surface area contributed by atoms with Crippen LogP contribution in [0.25, 0.3) is 10.2 Å². The summed E-state index contributed by atoms with van der Waals surface area (Å²) in [6, 6.07) is 7.53. The summed E-state index contributed by atoms with van der Waals surface area (Å²) >= 11 is 1.21. The third-order valence-electron chi connectivity index (χ3n) is 4.79. The van der Waals surface area contributed by atoms with E-state index in [1.807, 2.05) is 38.1 Å². The fourth-order valence-corrected chi connectivity index (χ4v) is 4.50. The van der Waals surface area contributed by atoms with Crippen molar-refractivity contribution in [2.45, 2.75) is 26.7 Å². The van der Waals surface area contributed by atoms with E-state index >= 15 is 0 Å². The van der Waals surface area contributed by atoms with E-state index in [0.717, 1.165) is 22.2 Å². The second-order valence-electron chi connectivity index (χ2n) is 7.09. The van der Waals surface area contributed by atoms with Crippen LogP contribution in [-0.4, -0.2) is 30.0 Å². The van der Waals surface area contributed by atoms with Gasteiger partial charge >= 0.3 is 0 Å². The first-order chi connectivity index (χ1) is 14.4. The van der Waals surface area contributed by atoms with Crippen molar-refractivity contribution >= 4 is 39.1 Å². The summed E-state index contributed by atoms with van der Waals surface area (Å²) in [6.07, 6.45) is 0.716. The molecule has 3 aromatic rings. The van der Waals surface area contributed by atoms with Gasteiger partial charge in [0.15, 0.2) is 11.5 Å². The Morgan fingerprint density at radius 3 is 2.70 bits per heavy atom. The van der Waals surface area contributed by atoms with Crippen molar-refractivity contribution in [2.75, 3.05) is 18.9 Å². The standard InChI is InChI=1S/C21H22N4O4S/c1-11-9-12(2)23-21-17(11)18(22)19(30-21)20(27)25-24-16(26)6-4-13-3-5-14-15(10-13)29-8-7-28-14/h3,5,9-10H,4,6-8,22H2,1-2H3,(H,24,26)(H,25,27). The molecule has 30 heavy (non-hydrogen) atoms. The predicted molar refractivity (Wildman–Crippen MR) is 115 cm³/mol. The Hall–Kier alpha value is -3.33. The summed E-state index contributed by atoms with van der Waals surface area (Å²) in [6.45, 7) is 4.87. The number of carbonyl (C=O) groups is 2. The number of benzene rings is 1. The summed E-state index contributed by atoms with van der Waals surface area (Å²) in [4.78, 5) is 30.2. The number of aryl methyl sites for hydroxylation is 3. The quantitative estimate of drug-likeness (QED) is 0.553. The number of amides is 2. The highest BCUT2D eigenvalue weighted by molar-refractivity contribution is 7.21. The molecule has 4 N–H and O–H groups in total. The van der Waals surface area contributed by atoms with Gasteiger partial charge in [-0.05, 0) is 49.6 Å². The van der Waals surface area contributed by atoms with Crippen LogP contribution < -0.4 is 26.1 Å². The summed E-state index contributed by atoms with van der Waals surface area (Å²) in [7, 11) is 0. The topological polar surface area (TPSA) is 116 Å². The Bertz CT molecular complexity index is 1140. The van der Waals surface area contributed by atoms with Crippen molar-refractivity contribution < 1.29 is 19.1 Å². The first-order valence-corrected chi connectivity index (χ1v) is 10.4. The molecule has 0 radical (unpaired) electrons. The third-order valence-corrected chi connectivity index (χ3v) is 5.89. The Morgan fingerprint density at radius 1 is 1.13 bits per heavy atom. The van der Waals surface area contributed by atoms with Gasteiger partial charge < -0.3 is 15.2 Å². The van der Waals surface area contributed by atoms with Crippen LogP contribution in [0.2, 0.25) is 0 Å². The number of anilines is 1. The number of hydrazine groups is 1. The van der Waals surface area contributed by atoms with Crippen LogP contribution in [0.1, 0.15) is 32.9 Å². The van der Waals surface area contributed by atoms with Gasteiger partial charge in [0, 0.05) is 17.5 Å². The van der Waals surface area contributed by atoms with Crippen LogP contribution >= 0.6 is 11.3 Å². The van der Waals surface area contributed by atoms with Crippen LogP contribution in [0.5, 0.6) is 11.5 Å². The number of ether oxygens (including phenoxy) is 2. The molecule has 1 aromatic carbocycles. The molecule has 0 bridgehead atoms. The number of rotatable bonds is 4. The number of fused-ring (bicyclic) bond motifs is 2. The molecule has 3 heterocycles. The molecule has 0 spiro atoms. The van der Waals surface area contributed by atoms with E-state index in [2.05, 4.69) is 15.8 Å². The van der Waals surface area contributed by atoms with Crippen LogP contribution in [0.15, 0.2) is 24.3 Å². The summed E-state index contributed by atoms with van der Waals surface area (Å²) in [5.41, 5.74) is 14.2. The summed E-state index contributed by atoms with van der Waals surface area (Å²) in [5.74, 6) is 0.637. The minimum atomic E-state index is -0.458. The van der Waals surface area contributed by atoms with E-state index in [1.165, 1.54) is 11.3 Å². The van der Waals surface area contributed by atoms with Gasteiger partial charge in [-0.2, -0.15) is 0 Å². The van der Waals surface area contributed by atoms with Gasteiger partial charge in [-0.25, -0.2) is 4.98 Å². The van der Waals surface area contributed by atoms with Gasteiger partial charge in [-0.1, -0.05) is 6.07 Å². The molecule has 0 atom stereocenters. The van der Waals surface area contributed by atoms with Crippen molar-refractivity contribution in [3.63, 3.8) is 0 Å². The molecule has 8 nitrogen and oxygen atoms in total. The van der Waals surface area contributed by atoms with Gasteiger partial charge in [0.05, 0.1) is 5.69 Å². The van der Waals surface area contributed by atoms with Crippen LogP contribution in [0.3, 0.4) is 0 Å². The van der Waals surface area contributed by atoms with Crippen LogP contribution in [0, 0.1) is 13.8 Å². The van der Waals surface area contributed by atoms with Crippen LogP contribution in [-0.2, 0) is 11.2 Å². The van der Waals surface area contributed by atoms with E-state index in [-0.39, 0.29) is 12.3 Å². The number of nitrogens with two attached hydrogens (primary N) is 1. The maximum absolute atomic E-state index is 12.5. The number of nitrogens with one attached hydrogen (secondary N) is 2. The minimum absolute atomic E-state index is 0.210. The molecule has 0 saturated carbocycles. The molecular weight excluding hydrogens is 404 g/mol. The van der Waals surface area contributed by atoms with Gasteiger partial charge in [0.2, 0.25) is 5.91 Å². The van der Waals surface area contributed by atoms with Gasteiger partial charge in [0.1, 0.15) is 22.9 Å². The Labute approximate surface area is 177 Å². The normalized spacial score (nSPS) is 12.6. The first-order valence-electron chi connectivity index (χ1n) is 9.56. The van der Waals surface area contributed by atoms with Crippen LogP contribution in [0.4, 0.5) is 5.69 Å². The number of hydrogen-bond donors (Lipinski definition) is 3. The van der Waals surface area contributed by atoms with E-state index < -0.39 is 5.91 Å². The summed E-state index contributed by atoms with van der Waals surface area (Å²) < 4.78 is 11.0. The molecule has 0 unspecified atom stereocenters. The lowest BCUT2D eigenvalue weighted by Gasteiger charge is -2.18. The molecule has 156 valence electrons. The summed E-state index contributed by atoms with van der Waals surface area (Å²) in [5, 5.41) is 0.778. The second kappa shape index (κ2) is 8.19. The van der Waals surface area contributed by atoms with E-state index in [9.17, 15) is 9.59 Å². The number of nitrogens with zero attached hydrogens (tertiary/aromatic N) is 1. The van der Waals surface area contributed by atoms with Crippen molar-refractivity contribution in [3.05, 3.63) is 46.0 Å². The fraction of sp³-hybridized carbons (Fsp3) is 0.286. The highest BCUT2D eigenvalue weighted by atomic mass is 32.1. The number of hydrogen-bond acceptors (Lipinski definition) is 7. The molecule has 1 aliphatic heterocycles. The smallest absolute Gasteiger partial charge is 0.281 e. The Balaban J connectivity index is 1.35. The first kappa shape index (κ1) is 20.0. The Morgan fingerprint density at radius 2 is 1.90 bits per heavy atom. The number of nitrogen functional groups attached to an aromatic ring is 1. The average molecular weight is 426 g/mol. The lowest BCUT2D eigenvalue weighted by Crippen LogP contribution is -2.41. The number of pyridine rings is 1. The highest BCUT2D eigenvalue weighted by Gasteiger charge is 2.19. The number of thiophene rings is 1. The van der Waals surface area contributed by atoms with Crippen molar-refractivity contribution in [2.24, 2.45) is 0 Å². The minimum Gasteiger partial charge on any atom is -0.486 e. The average Bonchev–Trinajstić information content (AvgIpc) is 3.06. The SMILES string of the molecule is Cc1cc(C)c2c(N)c(C(=O)NNC(=O)CCc3ccc4c(c3)OCCO4)sc2n1. The van der Waals surface area contributed by atoms with Crippen molar-refractivity contribution in [3.8, 4) is 11.5 Å². The molecule has 2 amide bonds. The van der Waals surface area contributed by atoms with E-state index in [4.69, 9.17) is 15.2 Å². The Kier molecular flexibility index (Phi) is 5.45. The second-order valence-corrected chi connectivity index (χ2v) is 8.08. The maximum atomic E-state index is 12.5. The number of aromatic nitrogens is 1. The van der Waals surface area contributed by atoms with Gasteiger partial charge in [-0.15, -0.1) is 11.3 Å². The zero-order valence-corrected chi connectivity index (χ0v) is 17.5. The largest absolute Gasteiger partial charge is 0.486 e. The highest BCUT2D eigenvalue weighted by Crippen LogP contribution is 2.35. The van der Waals surface area contributed by atoms with E-state index in [0.29, 0.717) is 46.5 Å². The van der Waals surface area contributed by atoms with Crippen molar-refractivity contribution in [1.82, 2.24) is 15.8 Å². The molecule has 0 fully saturated rings. The molecule has 4 rings (SSSR count). The monoisotopic (exact) mass is 426 g/mol. The molecule has 0 saturated heterocycles. The van der Waals surface area contributed by atoms with Gasteiger partial charge in [0.25, 0.3) is 5.91 Å². The lowest BCUT2D eigenvalue weighted by molar-refractivity contribution is -0.121. The zero-order valence-electron chi connectivity index (χ0n) is 16.7. The van der Waals surface area contributed by atoms with Gasteiger partial charge in [-0.3, -0.25) is 20.4 Å². The third kappa shape index (κ3) is 4.02. The molecular formula is C21H22N4O4S. The molecule has 2 aromatic heterocycles. The molecule has 1 aliphatic rings. The predicted octanol–water partition coefficient (Wildman–Crippen LogP) is 2.66. The van der Waals surface area contributed by atoms with E-state index in [1.54, 1.807) is 0 Å². The van der Waals surface area contributed by atoms with Crippen molar-refractivity contribution in [1.29, 1.82) is 0 Å². The molecule has 9 heteroatoms. The number of carbonyl (C=O) groups excluding carboxylic acids is 2. The fourth-order valence-electron chi connectivity index (χ4n) is 3.38. The zero-order chi connectivity index (χ0) is 21.3. The maximum Gasteiger partial charge on any atom is 0.281 e.